The van der Waals surface area contributed by atoms with Crippen molar-refractivity contribution in [1.82, 2.24) is 9.97 Å². The Morgan fingerprint density at radius 2 is 2.11 bits per heavy atom. The molecule has 2 heterocycles. The summed E-state index contributed by atoms with van der Waals surface area (Å²) in [4.78, 5) is 19.9. The van der Waals surface area contributed by atoms with Crippen molar-refractivity contribution >= 4 is 29.1 Å². The molecule has 27 heavy (non-hydrogen) atoms. The van der Waals surface area contributed by atoms with E-state index in [1.807, 2.05) is 19.1 Å². The molecule has 4 rings (SSSR count). The third kappa shape index (κ3) is 3.26. The van der Waals surface area contributed by atoms with Gasteiger partial charge < -0.3 is 10.3 Å². The van der Waals surface area contributed by atoms with Gasteiger partial charge in [-0.25, -0.2) is 4.39 Å². The van der Waals surface area contributed by atoms with E-state index in [1.54, 1.807) is 18.3 Å². The van der Waals surface area contributed by atoms with E-state index in [0.717, 1.165) is 34.7 Å². The van der Waals surface area contributed by atoms with Gasteiger partial charge in [-0.3, -0.25) is 9.78 Å². The molecule has 2 aromatic heterocycles. The standard InChI is InChI=1S/C21H17ClFN3O/c1-2-17-20(25-19-8-9-24-18-5-3-4-13(18)19)11-14(21(27)26-17)12-6-7-16(23)15(22)10-12/h3-4,6-11H,2,5H2,1H3,(H,24,25)(H,26,27). The summed E-state index contributed by atoms with van der Waals surface area (Å²) in [6.45, 7) is 1.97. The van der Waals surface area contributed by atoms with E-state index < -0.39 is 5.82 Å². The summed E-state index contributed by atoms with van der Waals surface area (Å²) in [7, 11) is 0. The van der Waals surface area contributed by atoms with Gasteiger partial charge in [0.15, 0.2) is 0 Å². The van der Waals surface area contributed by atoms with E-state index in [1.165, 1.54) is 12.1 Å². The van der Waals surface area contributed by atoms with Gasteiger partial charge in [-0.2, -0.15) is 0 Å². The predicted molar refractivity (Wildman–Crippen MR) is 107 cm³/mol. The number of benzene rings is 1. The number of H-pyrrole nitrogens is 1. The molecule has 4 nitrogen and oxygen atoms in total. The molecule has 1 aliphatic carbocycles. The summed E-state index contributed by atoms with van der Waals surface area (Å²) >= 11 is 5.89. The van der Waals surface area contributed by atoms with Crippen molar-refractivity contribution < 1.29 is 4.39 Å². The fraction of sp³-hybridized carbons (Fsp3) is 0.143. The lowest BCUT2D eigenvalue weighted by Crippen LogP contribution is -2.14. The van der Waals surface area contributed by atoms with Crippen LogP contribution in [0.2, 0.25) is 5.02 Å². The molecule has 3 aromatic rings. The molecule has 1 aliphatic rings. The Balaban J connectivity index is 1.81. The zero-order chi connectivity index (χ0) is 19.0. The molecule has 0 saturated heterocycles. The molecule has 1 aromatic carbocycles. The fourth-order valence-electron chi connectivity index (χ4n) is 3.24. The van der Waals surface area contributed by atoms with Crippen LogP contribution in [0, 0.1) is 5.82 Å². The first kappa shape index (κ1) is 17.5. The Labute approximate surface area is 160 Å². The van der Waals surface area contributed by atoms with Gasteiger partial charge in [-0.15, -0.1) is 0 Å². The largest absolute Gasteiger partial charge is 0.353 e. The first-order chi connectivity index (χ1) is 13.1. The van der Waals surface area contributed by atoms with Crippen molar-refractivity contribution in [2.24, 2.45) is 0 Å². The Morgan fingerprint density at radius 3 is 2.89 bits per heavy atom. The first-order valence-electron chi connectivity index (χ1n) is 8.70. The van der Waals surface area contributed by atoms with Crippen LogP contribution < -0.4 is 10.9 Å². The van der Waals surface area contributed by atoms with E-state index in [9.17, 15) is 9.18 Å². The Morgan fingerprint density at radius 1 is 1.26 bits per heavy atom. The van der Waals surface area contributed by atoms with Gasteiger partial charge in [0.2, 0.25) is 0 Å². The third-order valence-corrected chi connectivity index (χ3v) is 4.93. The van der Waals surface area contributed by atoms with Crippen LogP contribution in [0.15, 0.2) is 47.4 Å². The maximum atomic E-state index is 13.5. The summed E-state index contributed by atoms with van der Waals surface area (Å²) in [5.74, 6) is -0.514. The molecule has 0 bridgehead atoms. The molecule has 0 unspecified atom stereocenters. The first-order valence-corrected chi connectivity index (χ1v) is 9.07. The lowest BCUT2D eigenvalue weighted by atomic mass is 10.0. The van der Waals surface area contributed by atoms with Crippen LogP contribution in [-0.2, 0) is 12.8 Å². The van der Waals surface area contributed by atoms with Gasteiger partial charge in [-0.05, 0) is 36.2 Å². The molecular formula is C21H17ClFN3O. The van der Waals surface area contributed by atoms with Gasteiger partial charge in [0.25, 0.3) is 5.56 Å². The maximum absolute atomic E-state index is 13.5. The Kier molecular flexibility index (Phi) is 4.54. The van der Waals surface area contributed by atoms with E-state index in [4.69, 9.17) is 11.6 Å². The van der Waals surface area contributed by atoms with Crippen molar-refractivity contribution in [3.05, 3.63) is 80.7 Å². The van der Waals surface area contributed by atoms with Crippen molar-refractivity contribution in [3.8, 4) is 11.1 Å². The third-order valence-electron chi connectivity index (χ3n) is 4.64. The Hall–Kier alpha value is -2.92. The molecule has 0 saturated carbocycles. The summed E-state index contributed by atoms with van der Waals surface area (Å²) in [6.07, 6.45) is 7.36. The monoisotopic (exact) mass is 381 g/mol. The summed E-state index contributed by atoms with van der Waals surface area (Å²) in [5, 5.41) is 3.40. The second kappa shape index (κ2) is 7.00. The number of aromatic nitrogens is 2. The number of rotatable bonds is 4. The summed E-state index contributed by atoms with van der Waals surface area (Å²) < 4.78 is 13.5. The molecule has 0 fully saturated rings. The highest BCUT2D eigenvalue weighted by Crippen LogP contribution is 2.31. The number of pyridine rings is 2. The lowest BCUT2D eigenvalue weighted by molar-refractivity contribution is 0.628. The number of nitrogens with zero attached hydrogens (tertiary/aromatic N) is 1. The average Bonchev–Trinajstić information content (AvgIpc) is 3.15. The molecule has 0 atom stereocenters. The quantitative estimate of drug-likeness (QED) is 0.660. The normalized spacial score (nSPS) is 12.3. The molecule has 6 heteroatoms. The molecule has 0 radical (unpaired) electrons. The van der Waals surface area contributed by atoms with Crippen LogP contribution in [0.5, 0.6) is 0 Å². The number of anilines is 2. The van der Waals surface area contributed by atoms with Crippen LogP contribution >= 0.6 is 11.6 Å². The zero-order valence-electron chi connectivity index (χ0n) is 14.6. The van der Waals surface area contributed by atoms with Gasteiger partial charge >= 0.3 is 0 Å². The van der Waals surface area contributed by atoms with E-state index >= 15 is 0 Å². The highest BCUT2D eigenvalue weighted by molar-refractivity contribution is 6.31. The maximum Gasteiger partial charge on any atom is 0.256 e. The topological polar surface area (TPSA) is 57.8 Å². The zero-order valence-corrected chi connectivity index (χ0v) is 15.4. The number of fused-ring (bicyclic) bond motifs is 1. The van der Waals surface area contributed by atoms with Crippen molar-refractivity contribution in [1.29, 1.82) is 0 Å². The lowest BCUT2D eigenvalue weighted by Gasteiger charge is -2.15. The van der Waals surface area contributed by atoms with Crippen LogP contribution in [0.3, 0.4) is 0 Å². The predicted octanol–water partition coefficient (Wildman–Crippen LogP) is 5.10. The fourth-order valence-corrected chi connectivity index (χ4v) is 3.43. The molecule has 2 N–H and O–H groups in total. The molecule has 0 aliphatic heterocycles. The Bertz CT molecular complexity index is 1120. The molecule has 0 spiro atoms. The molecule has 0 amide bonds. The van der Waals surface area contributed by atoms with Crippen molar-refractivity contribution in [3.63, 3.8) is 0 Å². The number of hydrogen-bond acceptors (Lipinski definition) is 3. The number of aryl methyl sites for hydroxylation is 1. The number of halogens is 2. The highest BCUT2D eigenvalue weighted by atomic mass is 35.5. The smallest absolute Gasteiger partial charge is 0.256 e. The van der Waals surface area contributed by atoms with Crippen LogP contribution in [0.25, 0.3) is 17.2 Å². The molecule has 136 valence electrons. The van der Waals surface area contributed by atoms with E-state index in [2.05, 4.69) is 21.4 Å². The van der Waals surface area contributed by atoms with E-state index in [-0.39, 0.29) is 10.6 Å². The second-order valence-corrected chi connectivity index (χ2v) is 6.74. The van der Waals surface area contributed by atoms with Gasteiger partial charge in [-0.1, -0.05) is 36.7 Å². The number of aromatic amines is 1. The van der Waals surface area contributed by atoms with Crippen molar-refractivity contribution in [2.75, 3.05) is 5.32 Å². The second-order valence-electron chi connectivity index (χ2n) is 6.34. The number of hydrogen-bond donors (Lipinski definition) is 2. The minimum absolute atomic E-state index is 0.0157. The average molecular weight is 382 g/mol. The minimum atomic E-state index is -0.514. The van der Waals surface area contributed by atoms with Crippen molar-refractivity contribution in [2.45, 2.75) is 19.8 Å². The minimum Gasteiger partial charge on any atom is -0.353 e. The van der Waals surface area contributed by atoms with Crippen LogP contribution in [-0.4, -0.2) is 9.97 Å². The van der Waals surface area contributed by atoms with Gasteiger partial charge in [0.05, 0.1) is 16.4 Å². The summed E-state index contributed by atoms with van der Waals surface area (Å²) in [5.41, 5.74) is 5.35. The van der Waals surface area contributed by atoms with Crippen LogP contribution in [0.4, 0.5) is 15.8 Å². The van der Waals surface area contributed by atoms with Crippen LogP contribution in [0.1, 0.15) is 23.9 Å². The van der Waals surface area contributed by atoms with Gasteiger partial charge in [0.1, 0.15) is 5.82 Å². The number of allylic oxidation sites excluding steroid dienone is 1. The number of nitrogens with one attached hydrogen (secondary N) is 2. The SMILES string of the molecule is CCc1[nH]c(=O)c(-c2ccc(F)c(Cl)c2)cc1Nc1ccnc2c1C=CC2. The summed E-state index contributed by atoms with van der Waals surface area (Å²) in [6, 6.07) is 7.97. The molecular weight excluding hydrogens is 365 g/mol. The van der Waals surface area contributed by atoms with Gasteiger partial charge in [0, 0.05) is 35.1 Å². The van der Waals surface area contributed by atoms with E-state index in [0.29, 0.717) is 17.5 Å². The highest BCUT2D eigenvalue weighted by Gasteiger charge is 2.15.